The molecular weight excluding hydrogens is 208 g/mol. The fraction of sp³-hybridized carbons (Fsp3) is 0.733. The third-order valence-corrected chi connectivity index (χ3v) is 3.06. The summed E-state index contributed by atoms with van der Waals surface area (Å²) in [6, 6.07) is 0. The molecule has 17 heavy (non-hydrogen) atoms. The maximum absolute atomic E-state index is 5.58. The average Bonchev–Trinajstić information content (AvgIpc) is 2.22. The molecule has 0 radical (unpaired) electrons. The van der Waals surface area contributed by atoms with E-state index in [9.17, 15) is 0 Å². The van der Waals surface area contributed by atoms with Crippen LogP contribution < -0.4 is 11.1 Å². The van der Waals surface area contributed by atoms with Crippen molar-refractivity contribution in [2.24, 2.45) is 11.1 Å². The summed E-state index contributed by atoms with van der Waals surface area (Å²) >= 11 is 0. The fourth-order valence-electron chi connectivity index (χ4n) is 1.95. The molecule has 0 fully saturated rings. The zero-order valence-electron chi connectivity index (χ0n) is 11.9. The topological polar surface area (TPSA) is 38.0 Å². The van der Waals surface area contributed by atoms with Crippen LogP contribution >= 0.6 is 0 Å². The molecule has 0 spiro atoms. The molecule has 0 bridgehead atoms. The van der Waals surface area contributed by atoms with Gasteiger partial charge >= 0.3 is 0 Å². The molecule has 0 rings (SSSR count). The van der Waals surface area contributed by atoms with Crippen LogP contribution in [0.4, 0.5) is 0 Å². The van der Waals surface area contributed by atoms with Crippen molar-refractivity contribution in [2.75, 3.05) is 6.54 Å². The Labute approximate surface area is 107 Å². The second-order valence-electron chi connectivity index (χ2n) is 5.59. The first-order chi connectivity index (χ1) is 7.98. The summed E-state index contributed by atoms with van der Waals surface area (Å²) in [5.74, 6) is 0. The van der Waals surface area contributed by atoms with E-state index in [1.165, 1.54) is 32.1 Å². The van der Waals surface area contributed by atoms with Gasteiger partial charge in [-0.15, -0.1) is 0 Å². The Hall–Kier alpha value is -0.920. The van der Waals surface area contributed by atoms with Gasteiger partial charge in [-0.3, -0.25) is 0 Å². The minimum absolute atomic E-state index is 0.441. The normalized spacial score (nSPS) is 11.9. The van der Waals surface area contributed by atoms with Crippen molar-refractivity contribution in [3.05, 3.63) is 24.6 Å². The molecule has 0 aliphatic rings. The van der Waals surface area contributed by atoms with Crippen LogP contribution in [0.15, 0.2) is 24.6 Å². The number of hydrogen-bond donors (Lipinski definition) is 2. The molecule has 0 unspecified atom stereocenters. The van der Waals surface area contributed by atoms with Gasteiger partial charge in [0.15, 0.2) is 0 Å². The van der Waals surface area contributed by atoms with Gasteiger partial charge in [0.2, 0.25) is 0 Å². The second-order valence-corrected chi connectivity index (χ2v) is 5.59. The number of unbranched alkanes of at least 4 members (excludes halogenated alkanes) is 1. The molecule has 3 N–H and O–H groups in total. The molecule has 100 valence electrons. The number of hydrogen-bond acceptors (Lipinski definition) is 2. The highest BCUT2D eigenvalue weighted by atomic mass is 14.8. The lowest BCUT2D eigenvalue weighted by atomic mass is 9.82. The van der Waals surface area contributed by atoms with Crippen LogP contribution in [0.1, 0.15) is 59.3 Å². The van der Waals surface area contributed by atoms with Gasteiger partial charge < -0.3 is 11.1 Å². The Balaban J connectivity index is 3.52. The summed E-state index contributed by atoms with van der Waals surface area (Å²) in [4.78, 5) is 0. The minimum atomic E-state index is 0.441. The predicted octanol–water partition coefficient (Wildman–Crippen LogP) is 3.95. The van der Waals surface area contributed by atoms with Crippen molar-refractivity contribution in [1.29, 1.82) is 0 Å². The zero-order chi connectivity index (χ0) is 13.1. The molecule has 0 amide bonds. The number of nitrogens with two attached hydrogens (primary N) is 1. The lowest BCUT2D eigenvalue weighted by Crippen LogP contribution is -2.13. The van der Waals surface area contributed by atoms with Crippen LogP contribution in [-0.4, -0.2) is 6.54 Å². The minimum Gasteiger partial charge on any atom is -0.403 e. The molecule has 2 heteroatoms. The van der Waals surface area contributed by atoms with Gasteiger partial charge in [-0.2, -0.15) is 0 Å². The molecule has 0 saturated carbocycles. The van der Waals surface area contributed by atoms with Crippen molar-refractivity contribution in [2.45, 2.75) is 59.3 Å². The SMILES string of the molecule is C=C(N)CCCC(C)(C)CCCCN/C=C/C. The first-order valence-electron chi connectivity index (χ1n) is 6.76. The van der Waals surface area contributed by atoms with Gasteiger partial charge in [0.25, 0.3) is 0 Å². The van der Waals surface area contributed by atoms with Crippen LogP contribution in [0, 0.1) is 5.41 Å². The molecule has 0 aromatic heterocycles. The van der Waals surface area contributed by atoms with E-state index in [0.29, 0.717) is 5.41 Å². The summed E-state index contributed by atoms with van der Waals surface area (Å²) in [6.45, 7) is 11.6. The molecular formula is C15H30N2. The molecule has 0 saturated heterocycles. The van der Waals surface area contributed by atoms with Crippen LogP contribution in [0.25, 0.3) is 0 Å². The van der Waals surface area contributed by atoms with E-state index in [0.717, 1.165) is 18.7 Å². The van der Waals surface area contributed by atoms with Gasteiger partial charge in [0, 0.05) is 12.2 Å². The highest BCUT2D eigenvalue weighted by Gasteiger charge is 2.16. The van der Waals surface area contributed by atoms with E-state index in [1.54, 1.807) is 0 Å². The van der Waals surface area contributed by atoms with Gasteiger partial charge in [0.05, 0.1) is 0 Å². The monoisotopic (exact) mass is 238 g/mol. The van der Waals surface area contributed by atoms with Gasteiger partial charge in [0.1, 0.15) is 0 Å². The smallest absolute Gasteiger partial charge is 0.0141 e. The van der Waals surface area contributed by atoms with Crippen molar-refractivity contribution < 1.29 is 0 Å². The summed E-state index contributed by atoms with van der Waals surface area (Å²) in [7, 11) is 0. The quantitative estimate of drug-likeness (QED) is 0.566. The standard InChI is InChI=1S/C15H30N2/c1-5-12-17-13-7-6-10-15(3,4)11-8-9-14(2)16/h5,12,17H,2,6-11,13,16H2,1,3-4H3/b12-5+. The van der Waals surface area contributed by atoms with Crippen LogP contribution in [0.3, 0.4) is 0 Å². The van der Waals surface area contributed by atoms with E-state index < -0.39 is 0 Å². The molecule has 0 aromatic rings. The first kappa shape index (κ1) is 16.1. The Bertz CT molecular complexity index is 229. The van der Waals surface area contributed by atoms with Crippen LogP contribution in [0.2, 0.25) is 0 Å². The Kier molecular flexibility index (Phi) is 8.65. The average molecular weight is 238 g/mol. The Morgan fingerprint density at radius 1 is 1.24 bits per heavy atom. The summed E-state index contributed by atoms with van der Waals surface area (Å²) in [6.07, 6.45) is 11.2. The second kappa shape index (κ2) is 9.15. The van der Waals surface area contributed by atoms with E-state index in [2.05, 4.69) is 25.7 Å². The first-order valence-corrected chi connectivity index (χ1v) is 6.76. The zero-order valence-corrected chi connectivity index (χ0v) is 11.9. The van der Waals surface area contributed by atoms with E-state index in [1.807, 2.05) is 19.2 Å². The number of rotatable bonds is 10. The van der Waals surface area contributed by atoms with Crippen molar-refractivity contribution in [1.82, 2.24) is 5.32 Å². The van der Waals surface area contributed by atoms with E-state index in [4.69, 9.17) is 5.73 Å². The Morgan fingerprint density at radius 2 is 1.88 bits per heavy atom. The third-order valence-electron chi connectivity index (χ3n) is 3.06. The molecule has 2 nitrogen and oxygen atoms in total. The highest BCUT2D eigenvalue weighted by Crippen LogP contribution is 2.29. The molecule has 0 heterocycles. The summed E-state index contributed by atoms with van der Waals surface area (Å²) < 4.78 is 0. The van der Waals surface area contributed by atoms with Crippen molar-refractivity contribution in [3.63, 3.8) is 0 Å². The maximum Gasteiger partial charge on any atom is 0.0141 e. The van der Waals surface area contributed by atoms with E-state index >= 15 is 0 Å². The van der Waals surface area contributed by atoms with Crippen LogP contribution in [-0.2, 0) is 0 Å². The Morgan fingerprint density at radius 3 is 2.47 bits per heavy atom. The fourth-order valence-corrected chi connectivity index (χ4v) is 1.95. The third kappa shape index (κ3) is 11.3. The van der Waals surface area contributed by atoms with Crippen LogP contribution in [0.5, 0.6) is 0 Å². The summed E-state index contributed by atoms with van der Waals surface area (Å²) in [5, 5.41) is 3.27. The lowest BCUT2D eigenvalue weighted by molar-refractivity contribution is 0.288. The highest BCUT2D eigenvalue weighted by molar-refractivity contribution is 4.86. The number of nitrogens with one attached hydrogen (secondary N) is 1. The summed E-state index contributed by atoms with van der Waals surface area (Å²) in [5.41, 5.74) is 6.84. The molecule has 0 aliphatic carbocycles. The molecule has 0 atom stereocenters. The number of allylic oxidation sites excluding steroid dienone is 2. The van der Waals surface area contributed by atoms with Crippen molar-refractivity contribution >= 4 is 0 Å². The largest absolute Gasteiger partial charge is 0.403 e. The van der Waals surface area contributed by atoms with E-state index in [-0.39, 0.29) is 0 Å². The van der Waals surface area contributed by atoms with Gasteiger partial charge in [-0.1, -0.05) is 32.9 Å². The maximum atomic E-state index is 5.58. The van der Waals surface area contributed by atoms with Gasteiger partial charge in [-0.05, 0) is 50.6 Å². The predicted molar refractivity (Wildman–Crippen MR) is 77.6 cm³/mol. The molecule has 0 aromatic carbocycles. The van der Waals surface area contributed by atoms with Gasteiger partial charge in [-0.25, -0.2) is 0 Å². The lowest BCUT2D eigenvalue weighted by Gasteiger charge is -2.24. The molecule has 0 aliphatic heterocycles. The van der Waals surface area contributed by atoms with Crippen molar-refractivity contribution in [3.8, 4) is 0 Å².